The highest BCUT2D eigenvalue weighted by molar-refractivity contribution is 7.27. The lowest BCUT2D eigenvalue weighted by Crippen LogP contribution is -2.00. The summed E-state index contributed by atoms with van der Waals surface area (Å²) in [6.45, 7) is 0. The summed E-state index contributed by atoms with van der Waals surface area (Å²) < 4.78 is 7.66. The van der Waals surface area contributed by atoms with Crippen LogP contribution in [0, 0.1) is 0 Å². The average molecular weight is 704 g/mol. The van der Waals surface area contributed by atoms with E-state index in [9.17, 15) is 0 Å². The summed E-state index contributed by atoms with van der Waals surface area (Å²) in [5.74, 6) is 2.03. The summed E-state index contributed by atoms with van der Waals surface area (Å²) in [5.41, 5.74) is 5.53. The zero-order chi connectivity index (χ0) is 33.5. The molecule has 11 aromatic rings. The number of nitrogens with zero attached hydrogens (tertiary/aromatic N) is 3. The minimum atomic E-state index is 0.669. The molecular formula is C45H25N3S3. The van der Waals surface area contributed by atoms with Gasteiger partial charge in [0.1, 0.15) is 0 Å². The Morgan fingerprint density at radius 3 is 1.37 bits per heavy atom. The molecule has 0 aliphatic rings. The van der Waals surface area contributed by atoms with E-state index in [1.54, 1.807) is 11.3 Å². The maximum Gasteiger partial charge on any atom is 0.165 e. The van der Waals surface area contributed by atoms with Gasteiger partial charge in [-0.15, -0.1) is 34.0 Å². The fourth-order valence-corrected chi connectivity index (χ4v) is 11.0. The molecule has 0 amide bonds. The van der Waals surface area contributed by atoms with Gasteiger partial charge < -0.3 is 0 Å². The topological polar surface area (TPSA) is 38.7 Å². The van der Waals surface area contributed by atoms with Crippen LogP contribution >= 0.6 is 34.0 Å². The van der Waals surface area contributed by atoms with Crippen molar-refractivity contribution in [2.75, 3.05) is 0 Å². The molecule has 0 saturated heterocycles. The number of rotatable bonds is 4. The van der Waals surface area contributed by atoms with Crippen LogP contribution in [-0.2, 0) is 0 Å². The molecule has 0 atom stereocenters. The SMILES string of the molecule is c1ccc(-c2nc(-c3ccc4sc5c(-c6cccc7c6sc6ccccc67)cccc5c4c3)nc(-c3cccc4c3sc3ccccc34)n2)cc1. The van der Waals surface area contributed by atoms with Gasteiger partial charge in [0.05, 0.1) is 0 Å². The van der Waals surface area contributed by atoms with Crippen molar-refractivity contribution in [2.45, 2.75) is 0 Å². The summed E-state index contributed by atoms with van der Waals surface area (Å²) in [6.07, 6.45) is 0. The molecule has 0 bridgehead atoms. The minimum absolute atomic E-state index is 0.669. The quantitative estimate of drug-likeness (QED) is 0.183. The number of benzene rings is 7. The van der Waals surface area contributed by atoms with E-state index < -0.39 is 0 Å². The van der Waals surface area contributed by atoms with Gasteiger partial charge in [0.2, 0.25) is 0 Å². The van der Waals surface area contributed by atoms with Crippen LogP contribution < -0.4 is 0 Å². The third-order valence-corrected chi connectivity index (χ3v) is 13.4. The number of aromatic nitrogens is 3. The van der Waals surface area contributed by atoms with Crippen LogP contribution in [0.3, 0.4) is 0 Å². The third kappa shape index (κ3) is 4.58. The Kier molecular flexibility index (Phi) is 6.46. The molecule has 0 saturated carbocycles. The zero-order valence-electron chi connectivity index (χ0n) is 27.0. The molecule has 0 spiro atoms. The summed E-state index contributed by atoms with van der Waals surface area (Å²) in [4.78, 5) is 15.4. The van der Waals surface area contributed by atoms with Crippen molar-refractivity contribution in [3.05, 3.63) is 152 Å². The highest BCUT2D eigenvalue weighted by Gasteiger charge is 2.19. The molecule has 4 heterocycles. The molecule has 238 valence electrons. The number of hydrogen-bond donors (Lipinski definition) is 0. The Labute approximate surface area is 304 Å². The minimum Gasteiger partial charge on any atom is -0.208 e. The van der Waals surface area contributed by atoms with Crippen LogP contribution in [0.25, 0.3) is 106 Å². The largest absolute Gasteiger partial charge is 0.208 e. The summed E-state index contributed by atoms with van der Waals surface area (Å²) in [6, 6.07) is 54.1. The van der Waals surface area contributed by atoms with Crippen molar-refractivity contribution < 1.29 is 0 Å². The van der Waals surface area contributed by atoms with Crippen LogP contribution in [0.2, 0.25) is 0 Å². The summed E-state index contributed by atoms with van der Waals surface area (Å²) >= 11 is 5.53. The number of fused-ring (bicyclic) bond motifs is 9. The van der Waals surface area contributed by atoms with Crippen molar-refractivity contribution in [1.82, 2.24) is 15.0 Å². The second kappa shape index (κ2) is 11.4. The smallest absolute Gasteiger partial charge is 0.165 e. The second-order valence-electron chi connectivity index (χ2n) is 12.7. The molecule has 0 radical (unpaired) electrons. The van der Waals surface area contributed by atoms with E-state index in [0.29, 0.717) is 17.5 Å². The normalized spacial score (nSPS) is 11.9. The molecule has 0 unspecified atom stereocenters. The fourth-order valence-electron chi connectivity index (χ4n) is 7.37. The molecule has 6 heteroatoms. The van der Waals surface area contributed by atoms with E-state index in [1.807, 2.05) is 40.9 Å². The molecule has 0 aliphatic carbocycles. The van der Waals surface area contributed by atoms with Crippen molar-refractivity contribution in [2.24, 2.45) is 0 Å². The van der Waals surface area contributed by atoms with Crippen LogP contribution in [0.1, 0.15) is 0 Å². The van der Waals surface area contributed by atoms with E-state index in [0.717, 1.165) is 16.7 Å². The van der Waals surface area contributed by atoms with Gasteiger partial charge in [-0.1, -0.05) is 115 Å². The lowest BCUT2D eigenvalue weighted by atomic mass is 10.00. The average Bonchev–Trinajstić information content (AvgIpc) is 3.89. The highest BCUT2D eigenvalue weighted by atomic mass is 32.1. The first-order valence-corrected chi connectivity index (χ1v) is 19.3. The van der Waals surface area contributed by atoms with E-state index in [4.69, 9.17) is 15.0 Å². The van der Waals surface area contributed by atoms with Gasteiger partial charge in [0, 0.05) is 88.3 Å². The van der Waals surface area contributed by atoms with Crippen LogP contribution in [0.4, 0.5) is 0 Å². The first kappa shape index (κ1) is 29.0. The fraction of sp³-hybridized carbons (Fsp3) is 0. The van der Waals surface area contributed by atoms with Gasteiger partial charge in [0.15, 0.2) is 17.5 Å². The van der Waals surface area contributed by atoms with E-state index in [1.165, 1.54) is 71.6 Å². The Hall–Kier alpha value is -5.79. The third-order valence-electron chi connectivity index (χ3n) is 9.76. The predicted octanol–water partition coefficient (Wildman–Crippen LogP) is 13.6. The van der Waals surface area contributed by atoms with Gasteiger partial charge in [-0.2, -0.15) is 0 Å². The molecule has 11 rings (SSSR count). The van der Waals surface area contributed by atoms with Crippen LogP contribution in [-0.4, -0.2) is 15.0 Å². The zero-order valence-corrected chi connectivity index (χ0v) is 29.4. The molecule has 0 aliphatic heterocycles. The molecule has 0 N–H and O–H groups in total. The van der Waals surface area contributed by atoms with Crippen molar-refractivity contribution in [3.8, 4) is 45.3 Å². The van der Waals surface area contributed by atoms with E-state index in [-0.39, 0.29) is 0 Å². The molecule has 7 aromatic carbocycles. The van der Waals surface area contributed by atoms with Gasteiger partial charge in [-0.25, -0.2) is 15.0 Å². The molecule has 3 nitrogen and oxygen atoms in total. The first-order valence-electron chi connectivity index (χ1n) is 16.9. The Morgan fingerprint density at radius 1 is 0.294 bits per heavy atom. The van der Waals surface area contributed by atoms with Crippen molar-refractivity contribution >= 4 is 94.5 Å². The van der Waals surface area contributed by atoms with Crippen molar-refractivity contribution in [1.29, 1.82) is 0 Å². The summed E-state index contributed by atoms with van der Waals surface area (Å²) in [7, 11) is 0. The van der Waals surface area contributed by atoms with Crippen LogP contribution in [0.5, 0.6) is 0 Å². The Bertz CT molecular complexity index is 3150. The maximum absolute atomic E-state index is 5.20. The maximum atomic E-state index is 5.20. The standard InChI is InChI=1S/C45H25N3S3/c1-2-11-26(12-3-1)43-46-44(48-45(47-43)35-20-10-16-31-29-14-5-7-22-38(29)50-42(31)35)27-23-24-39-36(25-27)34-19-9-18-33(41(34)51-39)32-17-8-15-30-28-13-4-6-21-37(28)49-40(30)32/h1-25H. The number of hydrogen-bond acceptors (Lipinski definition) is 6. The molecule has 4 aromatic heterocycles. The van der Waals surface area contributed by atoms with Gasteiger partial charge in [-0.3, -0.25) is 0 Å². The van der Waals surface area contributed by atoms with Gasteiger partial charge in [0.25, 0.3) is 0 Å². The Balaban J connectivity index is 1.11. The lowest BCUT2D eigenvalue weighted by molar-refractivity contribution is 1.08. The van der Waals surface area contributed by atoms with Crippen LogP contribution in [0.15, 0.2) is 152 Å². The van der Waals surface area contributed by atoms with Crippen molar-refractivity contribution in [3.63, 3.8) is 0 Å². The number of thiophene rings is 3. The lowest BCUT2D eigenvalue weighted by Gasteiger charge is -2.09. The summed E-state index contributed by atoms with van der Waals surface area (Å²) in [5, 5.41) is 7.59. The molecular weight excluding hydrogens is 679 g/mol. The van der Waals surface area contributed by atoms with Gasteiger partial charge in [-0.05, 0) is 36.4 Å². The van der Waals surface area contributed by atoms with E-state index >= 15 is 0 Å². The molecule has 0 fully saturated rings. The monoisotopic (exact) mass is 703 g/mol. The second-order valence-corrected chi connectivity index (χ2v) is 15.9. The highest BCUT2D eigenvalue weighted by Crippen LogP contribution is 2.46. The predicted molar refractivity (Wildman–Crippen MR) is 220 cm³/mol. The first-order chi connectivity index (χ1) is 25.3. The van der Waals surface area contributed by atoms with Gasteiger partial charge >= 0.3 is 0 Å². The Morgan fingerprint density at radius 2 is 0.745 bits per heavy atom. The molecule has 51 heavy (non-hydrogen) atoms. The van der Waals surface area contributed by atoms with E-state index in [2.05, 4.69) is 133 Å².